The molecule has 14 heteroatoms. The quantitative estimate of drug-likeness (QED) is 0.238. The lowest BCUT2D eigenvalue weighted by Crippen LogP contribution is -2.21. The summed E-state index contributed by atoms with van der Waals surface area (Å²) in [6, 6.07) is 11.2. The SMILES string of the molecule is CN(C)c1ncc(-c2ccc(Oc3ncc(NC(=O)Nc4cc(C(F)(F)F)ccc4-n4cccn4)cn3)cc2)s1. The Morgan fingerprint density at radius 2 is 1.75 bits per heavy atom. The highest BCUT2D eigenvalue weighted by molar-refractivity contribution is 7.18. The number of nitrogens with one attached hydrogen (secondary N) is 2. The zero-order valence-electron chi connectivity index (χ0n) is 21.0. The predicted molar refractivity (Wildman–Crippen MR) is 145 cm³/mol. The molecule has 5 rings (SSSR count). The Kier molecular flexibility index (Phi) is 7.33. The van der Waals surface area contributed by atoms with Crippen LogP contribution in [0, 0.1) is 0 Å². The number of hydrogen-bond donors (Lipinski definition) is 2. The third-order valence-corrected chi connectivity index (χ3v) is 6.65. The van der Waals surface area contributed by atoms with Gasteiger partial charge in [0, 0.05) is 32.7 Å². The van der Waals surface area contributed by atoms with Crippen LogP contribution in [0.2, 0.25) is 0 Å². The van der Waals surface area contributed by atoms with E-state index in [0.29, 0.717) is 5.75 Å². The Hall–Kier alpha value is -4.98. The van der Waals surface area contributed by atoms with Crippen molar-refractivity contribution in [3.8, 4) is 27.9 Å². The Morgan fingerprint density at radius 1 is 1.00 bits per heavy atom. The van der Waals surface area contributed by atoms with Crippen LogP contribution in [0.4, 0.5) is 34.5 Å². The molecule has 3 heterocycles. The van der Waals surface area contributed by atoms with Crippen LogP contribution in [0.5, 0.6) is 11.8 Å². The molecule has 0 unspecified atom stereocenters. The second kappa shape index (κ2) is 11.0. The summed E-state index contributed by atoms with van der Waals surface area (Å²) in [7, 11) is 3.86. The van der Waals surface area contributed by atoms with Crippen molar-refractivity contribution in [3.05, 3.63) is 85.1 Å². The Balaban J connectivity index is 1.23. The van der Waals surface area contributed by atoms with Crippen LogP contribution in [0.3, 0.4) is 0 Å². The molecule has 2 aromatic carbocycles. The minimum atomic E-state index is -4.59. The maximum Gasteiger partial charge on any atom is 0.416 e. The summed E-state index contributed by atoms with van der Waals surface area (Å²) in [5, 5.41) is 9.86. The zero-order valence-corrected chi connectivity index (χ0v) is 21.9. The van der Waals surface area contributed by atoms with E-state index in [4.69, 9.17) is 4.74 Å². The number of nitrogens with zero attached hydrogens (tertiary/aromatic N) is 6. The highest BCUT2D eigenvalue weighted by Gasteiger charge is 2.31. The fourth-order valence-corrected chi connectivity index (χ4v) is 4.38. The molecule has 0 spiro atoms. The van der Waals surface area contributed by atoms with Gasteiger partial charge in [-0.05, 0) is 54.1 Å². The Labute approximate surface area is 230 Å². The molecule has 0 radical (unpaired) electrons. The van der Waals surface area contributed by atoms with Crippen LogP contribution >= 0.6 is 11.3 Å². The molecule has 2 N–H and O–H groups in total. The first-order chi connectivity index (χ1) is 19.2. The van der Waals surface area contributed by atoms with E-state index in [1.54, 1.807) is 35.7 Å². The van der Waals surface area contributed by atoms with Crippen molar-refractivity contribution in [1.82, 2.24) is 24.7 Å². The summed E-state index contributed by atoms with van der Waals surface area (Å²) in [6.45, 7) is 0. The van der Waals surface area contributed by atoms with E-state index in [1.165, 1.54) is 29.3 Å². The molecule has 0 aliphatic carbocycles. The highest BCUT2D eigenvalue weighted by atomic mass is 32.1. The maximum absolute atomic E-state index is 13.3. The van der Waals surface area contributed by atoms with Crippen molar-refractivity contribution < 1.29 is 22.7 Å². The maximum atomic E-state index is 13.3. The average molecular weight is 567 g/mol. The minimum absolute atomic E-state index is 0.0465. The molecule has 3 aromatic heterocycles. The van der Waals surface area contributed by atoms with E-state index >= 15 is 0 Å². The van der Waals surface area contributed by atoms with Gasteiger partial charge in [0.25, 0.3) is 0 Å². The molecular weight excluding hydrogens is 545 g/mol. The number of carbonyl (C=O) groups excluding carboxylic acids is 1. The number of aromatic nitrogens is 5. The molecule has 0 fully saturated rings. The molecule has 5 aromatic rings. The fourth-order valence-electron chi connectivity index (χ4n) is 3.54. The molecule has 0 saturated heterocycles. The van der Waals surface area contributed by atoms with E-state index in [0.717, 1.165) is 27.7 Å². The minimum Gasteiger partial charge on any atom is -0.424 e. The fraction of sp³-hybridized carbons (Fsp3) is 0.115. The number of benzene rings is 2. The van der Waals surface area contributed by atoms with Gasteiger partial charge in [-0.2, -0.15) is 18.3 Å². The lowest BCUT2D eigenvalue weighted by Gasteiger charge is -2.15. The third kappa shape index (κ3) is 6.18. The summed E-state index contributed by atoms with van der Waals surface area (Å²) < 4.78 is 46.8. The molecule has 0 bridgehead atoms. The monoisotopic (exact) mass is 566 g/mol. The van der Waals surface area contributed by atoms with Gasteiger partial charge < -0.3 is 20.3 Å². The Morgan fingerprint density at radius 3 is 2.38 bits per heavy atom. The number of hydrogen-bond acceptors (Lipinski definition) is 8. The largest absolute Gasteiger partial charge is 0.424 e. The van der Waals surface area contributed by atoms with Crippen LogP contribution in [0.15, 0.2) is 79.5 Å². The van der Waals surface area contributed by atoms with Crippen LogP contribution < -0.4 is 20.3 Å². The molecular formula is C26H21F3N8O2S. The first kappa shape index (κ1) is 26.6. The topological polar surface area (TPSA) is 110 Å². The number of alkyl halides is 3. The molecule has 2 amide bonds. The highest BCUT2D eigenvalue weighted by Crippen LogP contribution is 2.34. The standard InChI is InChI=1S/C26H21F3N8O2S/c1-36(2)25-32-15-22(40-25)16-4-7-19(8-5-16)39-24-30-13-18(14-31-24)34-23(38)35-20-12-17(26(27,28)29)6-9-21(20)37-11-3-10-33-37/h3-15H,1-2H3,(H2,34,35,38). The number of anilines is 3. The molecule has 204 valence electrons. The first-order valence-corrected chi connectivity index (χ1v) is 12.5. The molecule has 10 nitrogen and oxygen atoms in total. The summed E-state index contributed by atoms with van der Waals surface area (Å²) >= 11 is 1.57. The van der Waals surface area contributed by atoms with Crippen LogP contribution in [-0.2, 0) is 6.18 Å². The van der Waals surface area contributed by atoms with Crippen LogP contribution in [-0.4, -0.2) is 44.9 Å². The molecule has 0 saturated carbocycles. The molecule has 0 atom stereocenters. The lowest BCUT2D eigenvalue weighted by atomic mass is 10.1. The van der Waals surface area contributed by atoms with E-state index in [-0.39, 0.29) is 23.1 Å². The second-order valence-electron chi connectivity index (χ2n) is 8.54. The van der Waals surface area contributed by atoms with Crippen molar-refractivity contribution in [3.63, 3.8) is 0 Å². The average Bonchev–Trinajstić information content (AvgIpc) is 3.63. The zero-order chi connectivity index (χ0) is 28.3. The van der Waals surface area contributed by atoms with Gasteiger partial charge in [0.2, 0.25) is 0 Å². The van der Waals surface area contributed by atoms with Gasteiger partial charge in [-0.25, -0.2) is 24.4 Å². The van der Waals surface area contributed by atoms with Crippen molar-refractivity contribution >= 4 is 33.9 Å². The Bertz CT molecular complexity index is 1600. The number of thiazole rings is 1. The first-order valence-electron chi connectivity index (χ1n) is 11.7. The number of rotatable bonds is 7. The van der Waals surface area contributed by atoms with Gasteiger partial charge in [-0.1, -0.05) is 11.3 Å². The van der Waals surface area contributed by atoms with E-state index in [2.05, 4.69) is 30.7 Å². The van der Waals surface area contributed by atoms with Crippen molar-refractivity contribution in [2.24, 2.45) is 0 Å². The summed E-state index contributed by atoms with van der Waals surface area (Å²) in [5.41, 5.74) is 0.446. The number of amides is 2. The number of ether oxygens (including phenoxy) is 1. The van der Waals surface area contributed by atoms with Crippen molar-refractivity contribution in [2.45, 2.75) is 6.18 Å². The molecule has 40 heavy (non-hydrogen) atoms. The summed E-state index contributed by atoms with van der Waals surface area (Å²) in [4.78, 5) is 28.1. The molecule has 0 aliphatic rings. The lowest BCUT2D eigenvalue weighted by molar-refractivity contribution is -0.137. The second-order valence-corrected chi connectivity index (χ2v) is 9.55. The number of carbonyl (C=O) groups is 1. The van der Waals surface area contributed by atoms with E-state index in [1.807, 2.05) is 37.3 Å². The van der Waals surface area contributed by atoms with Crippen molar-refractivity contribution in [1.29, 1.82) is 0 Å². The van der Waals surface area contributed by atoms with Gasteiger partial charge in [-0.3, -0.25) is 0 Å². The van der Waals surface area contributed by atoms with E-state index in [9.17, 15) is 18.0 Å². The van der Waals surface area contributed by atoms with Gasteiger partial charge in [0.05, 0.1) is 39.9 Å². The van der Waals surface area contributed by atoms with E-state index < -0.39 is 17.8 Å². The van der Waals surface area contributed by atoms with Crippen LogP contribution in [0.1, 0.15) is 5.56 Å². The smallest absolute Gasteiger partial charge is 0.416 e. The van der Waals surface area contributed by atoms with Crippen molar-refractivity contribution in [2.75, 3.05) is 29.6 Å². The third-order valence-electron chi connectivity index (χ3n) is 5.43. The van der Waals surface area contributed by atoms with Gasteiger partial charge in [-0.15, -0.1) is 0 Å². The van der Waals surface area contributed by atoms with Gasteiger partial charge in [0.1, 0.15) is 5.75 Å². The summed E-state index contributed by atoms with van der Waals surface area (Å²) in [6.07, 6.45) is 2.88. The van der Waals surface area contributed by atoms with Gasteiger partial charge in [0.15, 0.2) is 5.13 Å². The number of urea groups is 1. The predicted octanol–water partition coefficient (Wildman–Crippen LogP) is 6.31. The normalized spacial score (nSPS) is 11.2. The van der Waals surface area contributed by atoms with Crippen LogP contribution in [0.25, 0.3) is 16.1 Å². The summed E-state index contributed by atoms with van der Waals surface area (Å²) in [5.74, 6) is 0.509. The van der Waals surface area contributed by atoms with Gasteiger partial charge >= 0.3 is 18.2 Å². The number of halogens is 3. The molecule has 0 aliphatic heterocycles.